The van der Waals surface area contributed by atoms with E-state index in [0.717, 1.165) is 11.5 Å². The molecule has 0 radical (unpaired) electrons. The molecule has 0 spiro atoms. The minimum atomic E-state index is -0.272. The Morgan fingerprint density at radius 1 is 1.33 bits per heavy atom. The summed E-state index contributed by atoms with van der Waals surface area (Å²) >= 11 is 0. The molecule has 2 aromatic rings. The number of anilines is 3. The number of aryl methyl sites for hydroxylation is 1. The molecular weight excluding hydrogens is 195 g/mol. The first-order chi connectivity index (χ1) is 7.15. The predicted molar refractivity (Wildman–Crippen MR) is 57.4 cm³/mol. The van der Waals surface area contributed by atoms with Gasteiger partial charge in [-0.05, 0) is 31.2 Å². The zero-order valence-corrected chi connectivity index (χ0v) is 8.21. The Bertz CT molecular complexity index is 461. The third-order valence-electron chi connectivity index (χ3n) is 1.96. The first kappa shape index (κ1) is 9.51. The van der Waals surface area contributed by atoms with Crippen molar-refractivity contribution in [1.82, 2.24) is 9.97 Å². The van der Waals surface area contributed by atoms with Crippen molar-refractivity contribution in [3.63, 3.8) is 0 Å². The first-order valence-corrected chi connectivity index (χ1v) is 4.50. The number of imidazole rings is 1. The molecule has 0 amide bonds. The fourth-order valence-corrected chi connectivity index (χ4v) is 1.28. The Morgan fingerprint density at radius 2 is 2.00 bits per heavy atom. The zero-order valence-electron chi connectivity index (χ0n) is 8.21. The van der Waals surface area contributed by atoms with Crippen molar-refractivity contribution in [1.29, 1.82) is 0 Å². The number of H-pyrrole nitrogens is 1. The number of hydrogen-bond acceptors (Lipinski definition) is 3. The molecule has 0 saturated carbocycles. The highest BCUT2D eigenvalue weighted by Gasteiger charge is 2.04. The summed E-state index contributed by atoms with van der Waals surface area (Å²) < 4.78 is 12.6. The molecule has 4 nitrogen and oxygen atoms in total. The molecule has 0 saturated heterocycles. The number of aromatic nitrogens is 2. The van der Waals surface area contributed by atoms with Crippen molar-refractivity contribution in [2.75, 3.05) is 11.1 Å². The number of aromatic amines is 1. The lowest BCUT2D eigenvalue weighted by Crippen LogP contribution is -1.95. The Hall–Kier alpha value is -2.04. The van der Waals surface area contributed by atoms with Crippen LogP contribution in [0.15, 0.2) is 24.3 Å². The van der Waals surface area contributed by atoms with Crippen LogP contribution < -0.4 is 11.1 Å². The molecule has 15 heavy (non-hydrogen) atoms. The van der Waals surface area contributed by atoms with Crippen LogP contribution in [0.1, 0.15) is 5.82 Å². The average Bonchev–Trinajstić information content (AvgIpc) is 2.49. The van der Waals surface area contributed by atoms with Gasteiger partial charge in [0.1, 0.15) is 17.5 Å². The molecule has 0 aliphatic heterocycles. The maximum absolute atomic E-state index is 12.6. The number of hydrogen-bond donors (Lipinski definition) is 3. The van der Waals surface area contributed by atoms with Crippen LogP contribution in [0.4, 0.5) is 21.7 Å². The van der Waals surface area contributed by atoms with Gasteiger partial charge in [-0.15, -0.1) is 0 Å². The van der Waals surface area contributed by atoms with Crippen LogP contribution >= 0.6 is 0 Å². The second-order valence-corrected chi connectivity index (χ2v) is 3.22. The van der Waals surface area contributed by atoms with Gasteiger partial charge in [0.2, 0.25) is 0 Å². The lowest BCUT2D eigenvalue weighted by molar-refractivity contribution is 0.628. The summed E-state index contributed by atoms with van der Waals surface area (Å²) in [5.74, 6) is 1.49. The summed E-state index contributed by atoms with van der Waals surface area (Å²) in [7, 11) is 0. The monoisotopic (exact) mass is 206 g/mol. The van der Waals surface area contributed by atoms with Crippen molar-refractivity contribution in [2.45, 2.75) is 6.92 Å². The lowest BCUT2D eigenvalue weighted by Gasteiger charge is -2.02. The Morgan fingerprint density at radius 3 is 2.53 bits per heavy atom. The summed E-state index contributed by atoms with van der Waals surface area (Å²) in [6, 6.07) is 5.99. The number of nitrogens with two attached hydrogens (primary N) is 1. The average molecular weight is 206 g/mol. The van der Waals surface area contributed by atoms with Gasteiger partial charge in [0, 0.05) is 5.69 Å². The van der Waals surface area contributed by atoms with Crippen molar-refractivity contribution < 1.29 is 4.39 Å². The molecule has 2 rings (SSSR count). The van der Waals surface area contributed by atoms with Gasteiger partial charge in [0.05, 0.1) is 0 Å². The van der Waals surface area contributed by atoms with E-state index < -0.39 is 0 Å². The second-order valence-electron chi connectivity index (χ2n) is 3.22. The molecule has 4 N–H and O–H groups in total. The standard InChI is InChI=1S/C10H11FN4/c1-6-13-9(12)10(14-6)15-8-4-2-7(11)3-5-8/h2-5,15H,12H2,1H3,(H,13,14). The smallest absolute Gasteiger partial charge is 0.173 e. The molecule has 78 valence electrons. The van der Waals surface area contributed by atoms with Gasteiger partial charge in [-0.3, -0.25) is 0 Å². The fraction of sp³-hybridized carbons (Fsp3) is 0.100. The number of nitrogen functional groups attached to an aromatic ring is 1. The van der Waals surface area contributed by atoms with E-state index in [1.165, 1.54) is 12.1 Å². The van der Waals surface area contributed by atoms with Crippen LogP contribution in [0.25, 0.3) is 0 Å². The predicted octanol–water partition coefficient (Wildman–Crippen LogP) is 2.18. The Kier molecular flexibility index (Phi) is 2.29. The topological polar surface area (TPSA) is 66.7 Å². The molecule has 0 unspecified atom stereocenters. The lowest BCUT2D eigenvalue weighted by atomic mass is 10.3. The second kappa shape index (κ2) is 3.61. The number of benzene rings is 1. The van der Waals surface area contributed by atoms with Gasteiger partial charge in [-0.1, -0.05) is 0 Å². The summed E-state index contributed by atoms with van der Waals surface area (Å²) in [4.78, 5) is 7.01. The number of nitrogens with zero attached hydrogens (tertiary/aromatic N) is 1. The van der Waals surface area contributed by atoms with Crippen molar-refractivity contribution in [3.8, 4) is 0 Å². The molecule has 1 heterocycles. The highest BCUT2D eigenvalue weighted by atomic mass is 19.1. The van der Waals surface area contributed by atoms with E-state index >= 15 is 0 Å². The Balaban J connectivity index is 2.21. The van der Waals surface area contributed by atoms with Crippen LogP contribution in [-0.4, -0.2) is 9.97 Å². The Labute approximate surface area is 86.3 Å². The molecule has 0 aliphatic rings. The van der Waals surface area contributed by atoms with E-state index in [1.807, 2.05) is 6.92 Å². The molecule has 0 aliphatic carbocycles. The van der Waals surface area contributed by atoms with E-state index in [-0.39, 0.29) is 5.82 Å². The van der Waals surface area contributed by atoms with E-state index in [9.17, 15) is 4.39 Å². The summed E-state index contributed by atoms with van der Waals surface area (Å²) in [6.07, 6.45) is 0. The van der Waals surface area contributed by atoms with Gasteiger partial charge in [0.15, 0.2) is 5.82 Å². The normalized spacial score (nSPS) is 10.3. The summed E-state index contributed by atoms with van der Waals surface area (Å²) in [6.45, 7) is 1.81. The quantitative estimate of drug-likeness (QED) is 0.705. The van der Waals surface area contributed by atoms with E-state index in [0.29, 0.717) is 11.6 Å². The SMILES string of the molecule is Cc1nc(Nc2ccc(F)cc2)c(N)[nH]1. The highest BCUT2D eigenvalue weighted by molar-refractivity contribution is 5.66. The van der Waals surface area contributed by atoms with Gasteiger partial charge in [-0.25, -0.2) is 9.37 Å². The molecule has 1 aromatic heterocycles. The minimum Gasteiger partial charge on any atom is -0.382 e. The van der Waals surface area contributed by atoms with Crippen LogP contribution in [0.2, 0.25) is 0 Å². The number of rotatable bonds is 2. The van der Waals surface area contributed by atoms with Gasteiger partial charge >= 0.3 is 0 Å². The van der Waals surface area contributed by atoms with Crippen LogP contribution in [0.3, 0.4) is 0 Å². The van der Waals surface area contributed by atoms with Crippen LogP contribution in [0, 0.1) is 12.7 Å². The molecule has 0 bridgehead atoms. The maximum atomic E-state index is 12.6. The fourth-order valence-electron chi connectivity index (χ4n) is 1.28. The van der Waals surface area contributed by atoms with Crippen LogP contribution in [-0.2, 0) is 0 Å². The molecular formula is C10H11FN4. The molecule has 0 atom stereocenters. The van der Waals surface area contributed by atoms with Gasteiger partial charge in [-0.2, -0.15) is 0 Å². The zero-order chi connectivity index (χ0) is 10.8. The van der Waals surface area contributed by atoms with E-state index in [4.69, 9.17) is 5.73 Å². The third kappa shape index (κ3) is 2.07. The highest BCUT2D eigenvalue weighted by Crippen LogP contribution is 2.20. The molecule has 5 heteroatoms. The van der Waals surface area contributed by atoms with Crippen molar-refractivity contribution in [2.24, 2.45) is 0 Å². The molecule has 0 fully saturated rings. The van der Waals surface area contributed by atoms with E-state index in [2.05, 4.69) is 15.3 Å². The number of nitrogens with one attached hydrogen (secondary N) is 2. The summed E-state index contributed by atoms with van der Waals surface area (Å²) in [5, 5.41) is 2.99. The van der Waals surface area contributed by atoms with E-state index in [1.54, 1.807) is 12.1 Å². The first-order valence-electron chi connectivity index (χ1n) is 4.50. The largest absolute Gasteiger partial charge is 0.382 e. The third-order valence-corrected chi connectivity index (χ3v) is 1.96. The summed E-state index contributed by atoms with van der Waals surface area (Å²) in [5.41, 5.74) is 6.41. The van der Waals surface area contributed by atoms with Gasteiger partial charge in [0.25, 0.3) is 0 Å². The van der Waals surface area contributed by atoms with Crippen LogP contribution in [0.5, 0.6) is 0 Å². The number of halogens is 1. The maximum Gasteiger partial charge on any atom is 0.173 e. The van der Waals surface area contributed by atoms with Crippen molar-refractivity contribution >= 4 is 17.3 Å². The van der Waals surface area contributed by atoms with Crippen molar-refractivity contribution in [3.05, 3.63) is 35.9 Å². The molecule has 1 aromatic carbocycles. The minimum absolute atomic E-state index is 0.272. The van der Waals surface area contributed by atoms with Gasteiger partial charge < -0.3 is 16.0 Å².